The van der Waals surface area contributed by atoms with Crippen LogP contribution in [0.4, 0.5) is 4.39 Å². The largest absolute Gasteiger partial charge is 0.338 e. The molecule has 1 aliphatic rings. The predicted octanol–water partition coefficient (Wildman–Crippen LogP) is 2.25. The number of hydrogen-bond acceptors (Lipinski definition) is 3. The van der Waals surface area contributed by atoms with Crippen LogP contribution < -0.4 is 4.72 Å². The quantitative estimate of drug-likeness (QED) is 0.870. The van der Waals surface area contributed by atoms with Gasteiger partial charge in [0, 0.05) is 26.6 Å². The van der Waals surface area contributed by atoms with Crippen LogP contribution in [0.15, 0.2) is 47.4 Å². The number of halogens is 1. The molecule has 1 amide bonds. The summed E-state index contributed by atoms with van der Waals surface area (Å²) >= 11 is 0. The fourth-order valence-electron chi connectivity index (χ4n) is 3.07. The molecule has 0 unspecified atom stereocenters. The Morgan fingerprint density at radius 1 is 1.19 bits per heavy atom. The highest BCUT2D eigenvalue weighted by atomic mass is 32.2. The number of sulfonamides is 1. The number of fused-ring (bicyclic) bond motifs is 1. The van der Waals surface area contributed by atoms with Crippen LogP contribution in [-0.4, -0.2) is 32.3 Å². The lowest BCUT2D eigenvalue weighted by atomic mass is 10.00. The Balaban J connectivity index is 1.71. The van der Waals surface area contributed by atoms with E-state index in [0.717, 1.165) is 17.5 Å². The first-order chi connectivity index (χ1) is 12.4. The Kier molecular flexibility index (Phi) is 5.38. The summed E-state index contributed by atoms with van der Waals surface area (Å²) in [6.07, 6.45) is 0.991. The summed E-state index contributed by atoms with van der Waals surface area (Å²) in [6, 6.07) is 11.3. The van der Waals surface area contributed by atoms with Gasteiger partial charge in [0.1, 0.15) is 5.82 Å². The van der Waals surface area contributed by atoms with E-state index in [1.54, 1.807) is 41.3 Å². The van der Waals surface area contributed by atoms with Crippen LogP contribution in [0.2, 0.25) is 0 Å². The monoisotopic (exact) mass is 376 g/mol. The summed E-state index contributed by atoms with van der Waals surface area (Å²) in [5.74, 6) is -0.364. The molecule has 1 N–H and O–H groups in total. The van der Waals surface area contributed by atoms with E-state index in [4.69, 9.17) is 0 Å². The van der Waals surface area contributed by atoms with Crippen molar-refractivity contribution in [2.45, 2.75) is 31.2 Å². The van der Waals surface area contributed by atoms with E-state index < -0.39 is 10.0 Å². The van der Waals surface area contributed by atoms with Crippen LogP contribution >= 0.6 is 0 Å². The standard InChI is InChI=1S/C19H21FN2O3S/c1-14(23)22-11-9-15-6-7-18(12-17(15)13-22)26(24,25)21-10-8-16-4-2-3-5-19(16)20/h2-7,12,21H,8-11,13H2,1H3. The first-order valence-corrected chi connectivity index (χ1v) is 9.95. The van der Waals surface area contributed by atoms with Gasteiger partial charge >= 0.3 is 0 Å². The zero-order valence-corrected chi connectivity index (χ0v) is 15.4. The minimum Gasteiger partial charge on any atom is -0.338 e. The zero-order chi connectivity index (χ0) is 18.7. The average molecular weight is 376 g/mol. The second kappa shape index (κ2) is 7.55. The lowest BCUT2D eigenvalue weighted by molar-refractivity contribution is -0.129. The van der Waals surface area contributed by atoms with Crippen molar-refractivity contribution < 1.29 is 17.6 Å². The van der Waals surface area contributed by atoms with Crippen LogP contribution in [0.3, 0.4) is 0 Å². The highest BCUT2D eigenvalue weighted by molar-refractivity contribution is 7.89. The minimum absolute atomic E-state index is 0.0214. The molecule has 26 heavy (non-hydrogen) atoms. The number of benzene rings is 2. The maximum Gasteiger partial charge on any atom is 0.240 e. The molecule has 0 radical (unpaired) electrons. The summed E-state index contributed by atoms with van der Waals surface area (Å²) in [7, 11) is -3.69. The summed E-state index contributed by atoms with van der Waals surface area (Å²) in [6.45, 7) is 2.69. The van der Waals surface area contributed by atoms with Gasteiger partial charge < -0.3 is 4.90 Å². The Bertz CT molecular complexity index is 928. The van der Waals surface area contributed by atoms with Gasteiger partial charge in [0.25, 0.3) is 0 Å². The molecule has 2 aromatic rings. The molecule has 0 aromatic heterocycles. The van der Waals surface area contributed by atoms with E-state index in [1.807, 2.05) is 0 Å². The van der Waals surface area contributed by atoms with E-state index in [9.17, 15) is 17.6 Å². The number of hydrogen-bond donors (Lipinski definition) is 1. The smallest absolute Gasteiger partial charge is 0.240 e. The molecule has 0 saturated heterocycles. The zero-order valence-electron chi connectivity index (χ0n) is 14.5. The molecule has 5 nitrogen and oxygen atoms in total. The Labute approximate surface area is 152 Å². The maximum atomic E-state index is 13.6. The van der Waals surface area contributed by atoms with Crippen molar-refractivity contribution in [3.63, 3.8) is 0 Å². The molecule has 0 aliphatic carbocycles. The molecular formula is C19H21FN2O3S. The molecule has 0 fully saturated rings. The van der Waals surface area contributed by atoms with Crippen LogP contribution in [0.25, 0.3) is 0 Å². The minimum atomic E-state index is -3.69. The van der Waals surface area contributed by atoms with Gasteiger partial charge in [-0.15, -0.1) is 0 Å². The molecular weight excluding hydrogens is 355 g/mol. The molecule has 1 aliphatic heterocycles. The Morgan fingerprint density at radius 3 is 2.69 bits per heavy atom. The number of carbonyl (C=O) groups excluding carboxylic acids is 1. The molecule has 2 aromatic carbocycles. The van der Waals surface area contributed by atoms with Gasteiger partial charge in [-0.05, 0) is 47.7 Å². The number of carbonyl (C=O) groups is 1. The average Bonchev–Trinajstić information content (AvgIpc) is 2.62. The Morgan fingerprint density at radius 2 is 1.96 bits per heavy atom. The van der Waals surface area contributed by atoms with Crippen molar-refractivity contribution in [1.29, 1.82) is 0 Å². The van der Waals surface area contributed by atoms with Gasteiger partial charge in [-0.25, -0.2) is 17.5 Å². The van der Waals surface area contributed by atoms with Gasteiger partial charge in [-0.2, -0.15) is 0 Å². The lowest BCUT2D eigenvalue weighted by Gasteiger charge is -2.28. The van der Waals surface area contributed by atoms with Crippen LogP contribution in [0.1, 0.15) is 23.6 Å². The van der Waals surface area contributed by atoms with E-state index in [0.29, 0.717) is 18.7 Å². The second-order valence-corrected chi connectivity index (χ2v) is 8.13. The normalized spacial score (nSPS) is 14.2. The topological polar surface area (TPSA) is 66.5 Å². The van der Waals surface area contributed by atoms with Crippen LogP contribution in [-0.2, 0) is 34.2 Å². The summed E-state index contributed by atoms with van der Waals surface area (Å²) < 4.78 is 41.2. The summed E-state index contributed by atoms with van der Waals surface area (Å²) in [4.78, 5) is 13.4. The molecule has 138 valence electrons. The first kappa shape index (κ1) is 18.5. The molecule has 0 saturated carbocycles. The fraction of sp³-hybridized carbons (Fsp3) is 0.316. The van der Waals surface area contributed by atoms with Crippen molar-refractivity contribution in [1.82, 2.24) is 9.62 Å². The molecule has 0 atom stereocenters. The molecule has 3 rings (SSSR count). The van der Waals surface area contributed by atoms with Crippen molar-refractivity contribution in [2.75, 3.05) is 13.1 Å². The van der Waals surface area contributed by atoms with Crippen molar-refractivity contribution >= 4 is 15.9 Å². The molecule has 1 heterocycles. The third-order valence-electron chi connectivity index (χ3n) is 4.59. The molecule has 0 spiro atoms. The number of rotatable bonds is 5. The third-order valence-corrected chi connectivity index (χ3v) is 6.05. The third kappa shape index (κ3) is 4.11. The van der Waals surface area contributed by atoms with Crippen LogP contribution in [0.5, 0.6) is 0 Å². The SMILES string of the molecule is CC(=O)N1CCc2ccc(S(=O)(=O)NCCc3ccccc3F)cc2C1. The molecule has 0 bridgehead atoms. The molecule has 7 heteroatoms. The van der Waals surface area contributed by atoms with E-state index in [-0.39, 0.29) is 29.6 Å². The number of nitrogens with one attached hydrogen (secondary N) is 1. The predicted molar refractivity (Wildman–Crippen MR) is 96.5 cm³/mol. The Hall–Kier alpha value is -2.25. The second-order valence-electron chi connectivity index (χ2n) is 6.36. The van der Waals surface area contributed by atoms with Gasteiger partial charge in [0.2, 0.25) is 15.9 Å². The fourth-order valence-corrected chi connectivity index (χ4v) is 4.16. The van der Waals surface area contributed by atoms with Crippen LogP contribution in [0, 0.1) is 5.82 Å². The summed E-state index contributed by atoms with van der Waals surface area (Å²) in [5, 5.41) is 0. The van der Waals surface area contributed by atoms with Crippen molar-refractivity contribution in [3.8, 4) is 0 Å². The van der Waals surface area contributed by atoms with E-state index >= 15 is 0 Å². The highest BCUT2D eigenvalue weighted by Gasteiger charge is 2.21. The number of nitrogens with zero attached hydrogens (tertiary/aromatic N) is 1. The van der Waals surface area contributed by atoms with Gasteiger partial charge in [-0.1, -0.05) is 24.3 Å². The van der Waals surface area contributed by atoms with Gasteiger partial charge in [-0.3, -0.25) is 4.79 Å². The van der Waals surface area contributed by atoms with Crippen molar-refractivity contribution in [3.05, 3.63) is 65.0 Å². The highest BCUT2D eigenvalue weighted by Crippen LogP contribution is 2.22. The lowest BCUT2D eigenvalue weighted by Crippen LogP contribution is -2.34. The van der Waals surface area contributed by atoms with E-state index in [2.05, 4.69) is 4.72 Å². The summed E-state index contributed by atoms with van der Waals surface area (Å²) in [5.41, 5.74) is 2.38. The van der Waals surface area contributed by atoms with E-state index in [1.165, 1.54) is 13.0 Å². The number of amides is 1. The first-order valence-electron chi connectivity index (χ1n) is 8.47. The van der Waals surface area contributed by atoms with Crippen molar-refractivity contribution in [2.24, 2.45) is 0 Å². The maximum absolute atomic E-state index is 13.6. The van der Waals surface area contributed by atoms with Gasteiger partial charge in [0.05, 0.1) is 4.90 Å². The van der Waals surface area contributed by atoms with Gasteiger partial charge in [0.15, 0.2) is 0 Å².